The lowest BCUT2D eigenvalue weighted by Gasteiger charge is -2.19. The molecule has 0 heterocycles. The molecular formula is C24H24N2O4S. The second-order valence-electron chi connectivity index (χ2n) is 7.17. The van der Waals surface area contributed by atoms with Crippen LogP contribution < -0.4 is 9.62 Å². The molecule has 31 heavy (non-hydrogen) atoms. The highest BCUT2D eigenvalue weighted by Gasteiger charge is 2.21. The van der Waals surface area contributed by atoms with Gasteiger partial charge in [-0.05, 0) is 37.3 Å². The molecule has 0 aliphatic heterocycles. The van der Waals surface area contributed by atoms with Crippen molar-refractivity contribution in [2.45, 2.75) is 24.7 Å². The Hall–Kier alpha value is -3.45. The third-order valence-electron chi connectivity index (χ3n) is 4.85. The SMILES string of the molecule is Cc1ccc(C(=O)CCC(=O)Nc2cccc(S(=O)(=O)N(C)c3ccccc3)c2)cc1. The van der Waals surface area contributed by atoms with Crippen molar-refractivity contribution in [3.63, 3.8) is 0 Å². The quantitative estimate of drug-likeness (QED) is 0.530. The van der Waals surface area contributed by atoms with Crippen molar-refractivity contribution in [2.24, 2.45) is 0 Å². The molecule has 1 amide bonds. The average molecular weight is 437 g/mol. The van der Waals surface area contributed by atoms with Gasteiger partial charge in [0.15, 0.2) is 5.78 Å². The molecule has 0 unspecified atom stereocenters. The Labute approximate surface area is 182 Å². The van der Waals surface area contributed by atoms with Crippen LogP contribution in [0.15, 0.2) is 83.8 Å². The normalized spacial score (nSPS) is 11.0. The number of para-hydroxylation sites is 1. The lowest BCUT2D eigenvalue weighted by atomic mass is 10.0. The Balaban J connectivity index is 1.65. The van der Waals surface area contributed by atoms with Crippen LogP contribution in [0.5, 0.6) is 0 Å². The van der Waals surface area contributed by atoms with E-state index in [1.54, 1.807) is 48.5 Å². The number of ketones is 1. The van der Waals surface area contributed by atoms with Gasteiger partial charge in [-0.1, -0.05) is 54.1 Å². The van der Waals surface area contributed by atoms with Crippen molar-refractivity contribution < 1.29 is 18.0 Å². The number of hydrogen-bond acceptors (Lipinski definition) is 4. The van der Waals surface area contributed by atoms with Crippen LogP contribution in [0.1, 0.15) is 28.8 Å². The van der Waals surface area contributed by atoms with Crippen LogP contribution in [0, 0.1) is 6.92 Å². The standard InChI is InChI=1S/C24H24N2O4S/c1-18-11-13-19(14-12-18)23(27)15-16-24(28)25-20-7-6-10-22(17-20)31(29,30)26(2)21-8-4-3-5-9-21/h3-14,17H,15-16H2,1-2H3,(H,25,28). The molecule has 1 N–H and O–H groups in total. The van der Waals surface area contributed by atoms with E-state index in [2.05, 4.69) is 5.32 Å². The number of aryl methyl sites for hydroxylation is 1. The predicted molar refractivity (Wildman–Crippen MR) is 122 cm³/mol. The minimum Gasteiger partial charge on any atom is -0.326 e. The molecule has 0 spiro atoms. The van der Waals surface area contributed by atoms with Gasteiger partial charge in [0.2, 0.25) is 5.91 Å². The van der Waals surface area contributed by atoms with E-state index >= 15 is 0 Å². The predicted octanol–water partition coefficient (Wildman–Crippen LogP) is 4.42. The molecule has 0 bridgehead atoms. The molecule has 3 rings (SSSR count). The lowest BCUT2D eigenvalue weighted by Crippen LogP contribution is -2.26. The molecule has 6 nitrogen and oxygen atoms in total. The van der Waals surface area contributed by atoms with Crippen molar-refractivity contribution in [3.8, 4) is 0 Å². The Bertz CT molecular complexity index is 1170. The highest BCUT2D eigenvalue weighted by atomic mass is 32.2. The van der Waals surface area contributed by atoms with Gasteiger partial charge < -0.3 is 5.32 Å². The molecule has 0 aromatic heterocycles. The molecule has 3 aromatic rings. The van der Waals surface area contributed by atoms with Crippen LogP contribution in [0.4, 0.5) is 11.4 Å². The second-order valence-corrected chi connectivity index (χ2v) is 9.14. The van der Waals surface area contributed by atoms with E-state index in [4.69, 9.17) is 0 Å². The fraction of sp³-hybridized carbons (Fsp3) is 0.167. The van der Waals surface area contributed by atoms with E-state index in [1.165, 1.54) is 23.5 Å². The van der Waals surface area contributed by atoms with Gasteiger partial charge in [-0.3, -0.25) is 13.9 Å². The zero-order valence-corrected chi connectivity index (χ0v) is 18.2. The summed E-state index contributed by atoms with van der Waals surface area (Å²) < 4.78 is 27.1. The first-order valence-electron chi connectivity index (χ1n) is 9.81. The second kappa shape index (κ2) is 9.57. The van der Waals surface area contributed by atoms with Crippen LogP contribution in [0.2, 0.25) is 0 Å². The molecule has 0 saturated carbocycles. The highest BCUT2D eigenvalue weighted by molar-refractivity contribution is 7.92. The van der Waals surface area contributed by atoms with Crippen LogP contribution in [0.25, 0.3) is 0 Å². The summed E-state index contributed by atoms with van der Waals surface area (Å²) >= 11 is 0. The molecular weight excluding hydrogens is 412 g/mol. The van der Waals surface area contributed by atoms with E-state index < -0.39 is 10.0 Å². The number of amides is 1. The van der Waals surface area contributed by atoms with Crippen molar-refractivity contribution in [1.29, 1.82) is 0 Å². The first-order valence-corrected chi connectivity index (χ1v) is 11.2. The summed E-state index contributed by atoms with van der Waals surface area (Å²) in [5.41, 5.74) is 2.51. The van der Waals surface area contributed by atoms with Gasteiger partial charge in [0.1, 0.15) is 0 Å². The summed E-state index contributed by atoms with van der Waals surface area (Å²) in [6, 6.07) is 22.0. The van der Waals surface area contributed by atoms with Gasteiger partial charge in [-0.25, -0.2) is 8.42 Å². The minimum atomic E-state index is -3.79. The lowest BCUT2D eigenvalue weighted by molar-refractivity contribution is -0.116. The van der Waals surface area contributed by atoms with E-state index in [-0.39, 0.29) is 29.4 Å². The van der Waals surface area contributed by atoms with Crippen LogP contribution in [-0.2, 0) is 14.8 Å². The molecule has 0 atom stereocenters. The first-order chi connectivity index (χ1) is 14.8. The zero-order valence-electron chi connectivity index (χ0n) is 17.4. The fourth-order valence-corrected chi connectivity index (χ4v) is 4.25. The zero-order chi connectivity index (χ0) is 22.4. The first kappa shape index (κ1) is 22.2. The number of carbonyl (C=O) groups is 2. The number of hydrogen-bond donors (Lipinski definition) is 1. The topological polar surface area (TPSA) is 83.5 Å². The van der Waals surface area contributed by atoms with Crippen molar-refractivity contribution in [3.05, 3.63) is 90.0 Å². The summed E-state index contributed by atoms with van der Waals surface area (Å²) in [5, 5.41) is 2.67. The molecule has 0 aliphatic rings. The highest BCUT2D eigenvalue weighted by Crippen LogP contribution is 2.23. The van der Waals surface area contributed by atoms with Gasteiger partial charge in [0.25, 0.3) is 10.0 Å². The molecule has 7 heteroatoms. The monoisotopic (exact) mass is 436 g/mol. The largest absolute Gasteiger partial charge is 0.326 e. The summed E-state index contributed by atoms with van der Waals surface area (Å²) in [6.07, 6.45) is 0.0806. The number of carbonyl (C=O) groups excluding carboxylic acids is 2. The maximum Gasteiger partial charge on any atom is 0.264 e. The van der Waals surface area contributed by atoms with Crippen LogP contribution >= 0.6 is 0 Å². The smallest absolute Gasteiger partial charge is 0.264 e. The van der Waals surface area contributed by atoms with Gasteiger partial charge >= 0.3 is 0 Å². The van der Waals surface area contributed by atoms with E-state index in [1.807, 2.05) is 25.1 Å². The summed E-state index contributed by atoms with van der Waals surface area (Å²) in [5.74, 6) is -0.470. The van der Waals surface area contributed by atoms with Gasteiger partial charge in [0, 0.05) is 31.1 Å². The molecule has 3 aromatic carbocycles. The van der Waals surface area contributed by atoms with Gasteiger partial charge in [0.05, 0.1) is 10.6 Å². The third-order valence-corrected chi connectivity index (χ3v) is 6.63. The van der Waals surface area contributed by atoms with Crippen LogP contribution in [0.3, 0.4) is 0 Å². The summed E-state index contributed by atoms with van der Waals surface area (Å²) in [7, 11) is -2.31. The Kier molecular flexibility index (Phi) is 6.87. The molecule has 160 valence electrons. The Morgan fingerprint density at radius 2 is 1.55 bits per heavy atom. The van der Waals surface area contributed by atoms with Crippen LogP contribution in [-0.4, -0.2) is 27.2 Å². The average Bonchev–Trinajstić information content (AvgIpc) is 2.78. The number of anilines is 2. The number of rotatable bonds is 8. The van der Waals surface area contributed by atoms with E-state index in [9.17, 15) is 18.0 Å². The number of benzene rings is 3. The number of sulfonamides is 1. The molecule has 0 saturated heterocycles. The third kappa shape index (κ3) is 5.58. The van der Waals surface area contributed by atoms with Crippen molar-refractivity contribution >= 4 is 33.1 Å². The van der Waals surface area contributed by atoms with E-state index in [0.717, 1.165) is 5.56 Å². The van der Waals surface area contributed by atoms with Crippen molar-refractivity contribution in [1.82, 2.24) is 0 Å². The summed E-state index contributed by atoms with van der Waals surface area (Å²) in [6.45, 7) is 1.94. The Morgan fingerprint density at radius 3 is 2.23 bits per heavy atom. The fourth-order valence-electron chi connectivity index (χ4n) is 3.00. The number of nitrogens with one attached hydrogen (secondary N) is 1. The van der Waals surface area contributed by atoms with Gasteiger partial charge in [-0.2, -0.15) is 0 Å². The molecule has 0 fully saturated rings. The van der Waals surface area contributed by atoms with Gasteiger partial charge in [-0.15, -0.1) is 0 Å². The van der Waals surface area contributed by atoms with E-state index in [0.29, 0.717) is 16.9 Å². The summed E-state index contributed by atoms with van der Waals surface area (Å²) in [4.78, 5) is 24.6. The molecule has 0 radical (unpaired) electrons. The number of nitrogens with zero attached hydrogens (tertiary/aromatic N) is 1. The molecule has 0 aliphatic carbocycles. The maximum atomic E-state index is 12.9. The minimum absolute atomic E-state index is 0.00755. The van der Waals surface area contributed by atoms with Crippen molar-refractivity contribution in [2.75, 3.05) is 16.7 Å². The Morgan fingerprint density at radius 1 is 0.871 bits per heavy atom. The number of Topliss-reactive ketones (excluding diaryl/α,β-unsaturated/α-hetero) is 1. The maximum absolute atomic E-state index is 12.9.